The quantitative estimate of drug-likeness (QED) is 0.284. The number of amides is 1. The van der Waals surface area contributed by atoms with Crippen LogP contribution in [0.15, 0.2) is 66.9 Å². The molecule has 7 nitrogen and oxygen atoms in total. The fourth-order valence-electron chi connectivity index (χ4n) is 4.83. The van der Waals surface area contributed by atoms with Crippen LogP contribution in [-0.4, -0.2) is 42.6 Å². The second-order valence-electron chi connectivity index (χ2n) is 9.58. The lowest BCUT2D eigenvalue weighted by Gasteiger charge is -2.29. The van der Waals surface area contributed by atoms with Crippen LogP contribution in [0.5, 0.6) is 11.6 Å². The highest BCUT2D eigenvalue weighted by Crippen LogP contribution is 2.34. The summed E-state index contributed by atoms with van der Waals surface area (Å²) in [7, 11) is 1.95. The Bertz CT molecular complexity index is 1440. The molecule has 0 saturated carbocycles. The smallest absolute Gasteiger partial charge is 0.255 e. The molecule has 4 aromatic rings. The van der Waals surface area contributed by atoms with Gasteiger partial charge >= 0.3 is 0 Å². The lowest BCUT2D eigenvalue weighted by atomic mass is 10.1. The Morgan fingerprint density at radius 1 is 1.05 bits per heavy atom. The van der Waals surface area contributed by atoms with Crippen molar-refractivity contribution in [3.05, 3.63) is 78.2 Å². The van der Waals surface area contributed by atoms with E-state index in [9.17, 15) is 9.18 Å². The second-order valence-corrected chi connectivity index (χ2v) is 9.58. The van der Waals surface area contributed by atoms with Crippen LogP contribution in [0, 0.1) is 5.82 Å². The molecule has 5 rings (SSSR count). The van der Waals surface area contributed by atoms with Crippen LogP contribution in [0.2, 0.25) is 0 Å². The first-order chi connectivity index (χ1) is 18.5. The van der Waals surface area contributed by atoms with Crippen LogP contribution in [-0.2, 0) is 0 Å². The summed E-state index contributed by atoms with van der Waals surface area (Å²) < 4.78 is 20.6. The zero-order chi connectivity index (χ0) is 26.5. The maximum Gasteiger partial charge on any atom is 0.255 e. The molecule has 1 N–H and O–H groups in total. The maximum absolute atomic E-state index is 14.5. The molecule has 0 radical (unpaired) electrons. The van der Waals surface area contributed by atoms with E-state index in [0.29, 0.717) is 28.8 Å². The molecule has 3 aromatic carbocycles. The minimum atomic E-state index is -0.416. The molecule has 0 spiro atoms. The first kappa shape index (κ1) is 25.4. The van der Waals surface area contributed by atoms with Crippen LogP contribution < -0.4 is 19.9 Å². The largest absolute Gasteiger partial charge is 0.438 e. The highest BCUT2D eigenvalue weighted by Gasteiger charge is 2.17. The van der Waals surface area contributed by atoms with Crippen molar-refractivity contribution < 1.29 is 13.9 Å². The van der Waals surface area contributed by atoms with Crippen LogP contribution in [0.1, 0.15) is 43.0 Å². The molecule has 1 aliphatic rings. The minimum Gasteiger partial charge on any atom is -0.438 e. The zero-order valence-electron chi connectivity index (χ0n) is 21.8. The average molecular weight is 514 g/mol. The number of anilines is 3. The molecule has 0 atom stereocenters. The van der Waals surface area contributed by atoms with Crippen molar-refractivity contribution in [2.24, 2.45) is 0 Å². The number of carbonyl (C=O) groups is 1. The van der Waals surface area contributed by atoms with E-state index in [-0.39, 0.29) is 5.91 Å². The lowest BCUT2D eigenvalue weighted by molar-refractivity contribution is 0.102. The second kappa shape index (κ2) is 11.5. The van der Waals surface area contributed by atoms with E-state index >= 15 is 0 Å². The Labute approximate surface area is 222 Å². The van der Waals surface area contributed by atoms with Gasteiger partial charge in [-0.05, 0) is 56.0 Å². The van der Waals surface area contributed by atoms with E-state index in [0.717, 1.165) is 55.4 Å². The molecule has 1 amide bonds. The molecular formula is C30H32FN5O2. The highest BCUT2D eigenvalue weighted by molar-refractivity contribution is 6.10. The average Bonchev–Trinajstić information content (AvgIpc) is 2.95. The van der Waals surface area contributed by atoms with Gasteiger partial charge in [-0.2, -0.15) is 4.98 Å². The molecule has 38 heavy (non-hydrogen) atoms. The number of nitrogens with zero attached hydrogens (tertiary/aromatic N) is 4. The minimum absolute atomic E-state index is 0.291. The zero-order valence-corrected chi connectivity index (χ0v) is 21.8. The van der Waals surface area contributed by atoms with Gasteiger partial charge in [0.15, 0.2) is 0 Å². The third-order valence-electron chi connectivity index (χ3n) is 6.73. The van der Waals surface area contributed by atoms with Gasteiger partial charge in [0.05, 0.1) is 0 Å². The van der Waals surface area contributed by atoms with E-state index in [1.54, 1.807) is 30.5 Å². The lowest BCUT2D eigenvalue weighted by Crippen LogP contribution is -2.29. The van der Waals surface area contributed by atoms with E-state index in [2.05, 4.69) is 27.1 Å². The molecule has 2 heterocycles. The van der Waals surface area contributed by atoms with Crippen molar-refractivity contribution in [1.82, 2.24) is 9.97 Å². The van der Waals surface area contributed by atoms with E-state index in [1.165, 1.54) is 18.6 Å². The van der Waals surface area contributed by atoms with Gasteiger partial charge in [0.1, 0.15) is 11.6 Å². The SMILES string of the molecule is CCCN(C)c1nccc(Oc2ccc(NC(=O)c3cc(F)cc(N4CCCCC4)c3)c3ccccc23)n1. The van der Waals surface area contributed by atoms with Crippen molar-refractivity contribution >= 4 is 34.0 Å². The Kier molecular flexibility index (Phi) is 7.67. The summed E-state index contributed by atoms with van der Waals surface area (Å²) >= 11 is 0. The molecule has 0 unspecified atom stereocenters. The third kappa shape index (κ3) is 5.69. The third-order valence-corrected chi connectivity index (χ3v) is 6.73. The van der Waals surface area contributed by atoms with Crippen LogP contribution >= 0.6 is 0 Å². The van der Waals surface area contributed by atoms with Gasteiger partial charge in [0, 0.05) is 66.7 Å². The summed E-state index contributed by atoms with van der Waals surface area (Å²) in [6.45, 7) is 4.69. The molecule has 1 aliphatic heterocycles. The van der Waals surface area contributed by atoms with Crippen molar-refractivity contribution in [3.8, 4) is 11.6 Å². The Balaban J connectivity index is 1.40. The highest BCUT2D eigenvalue weighted by atomic mass is 19.1. The topological polar surface area (TPSA) is 70.6 Å². The number of carbonyl (C=O) groups excluding carboxylic acids is 1. The monoisotopic (exact) mass is 513 g/mol. The first-order valence-corrected chi connectivity index (χ1v) is 13.1. The fraction of sp³-hybridized carbons (Fsp3) is 0.300. The molecular weight excluding hydrogens is 481 g/mol. The Morgan fingerprint density at radius 3 is 2.63 bits per heavy atom. The number of nitrogens with one attached hydrogen (secondary N) is 1. The van der Waals surface area contributed by atoms with Gasteiger partial charge in [-0.25, -0.2) is 9.37 Å². The summed E-state index contributed by atoms with van der Waals surface area (Å²) in [4.78, 5) is 26.2. The van der Waals surface area contributed by atoms with Crippen molar-refractivity contribution in [1.29, 1.82) is 0 Å². The Hall–Kier alpha value is -4.20. The normalized spacial score (nSPS) is 13.4. The number of benzene rings is 3. The summed E-state index contributed by atoms with van der Waals surface area (Å²) in [5.41, 5.74) is 1.66. The van der Waals surface area contributed by atoms with Crippen molar-refractivity contribution in [2.45, 2.75) is 32.6 Å². The fourth-order valence-corrected chi connectivity index (χ4v) is 4.83. The molecule has 1 aromatic heterocycles. The van der Waals surface area contributed by atoms with E-state index in [4.69, 9.17) is 4.74 Å². The molecule has 0 aliphatic carbocycles. The van der Waals surface area contributed by atoms with Crippen LogP contribution in [0.4, 0.5) is 21.7 Å². The Morgan fingerprint density at radius 2 is 1.84 bits per heavy atom. The van der Waals surface area contributed by atoms with Crippen molar-refractivity contribution in [2.75, 3.05) is 41.8 Å². The summed E-state index contributed by atoms with van der Waals surface area (Å²) in [5, 5.41) is 4.60. The van der Waals surface area contributed by atoms with Gasteiger partial charge in [-0.1, -0.05) is 31.2 Å². The summed E-state index contributed by atoms with van der Waals surface area (Å²) in [6, 6.07) is 17.5. The van der Waals surface area contributed by atoms with Gasteiger partial charge in [-0.3, -0.25) is 4.79 Å². The van der Waals surface area contributed by atoms with Gasteiger partial charge in [0.2, 0.25) is 11.8 Å². The predicted octanol–water partition coefficient (Wildman–Crippen LogP) is 6.65. The van der Waals surface area contributed by atoms with Gasteiger partial charge in [0.25, 0.3) is 5.91 Å². The standard InChI is InChI=1S/C30H32FN5O2/c1-3-15-35(2)30-32-14-13-28(34-30)38-27-12-11-26(24-9-5-6-10-25(24)27)33-29(37)21-18-22(31)20-23(19-21)36-16-7-4-8-17-36/h5-6,9-14,18-20H,3-4,7-8,15-17H2,1-2H3,(H,33,37). The molecule has 196 valence electrons. The summed E-state index contributed by atoms with van der Waals surface area (Å²) in [6.07, 6.45) is 5.99. The number of fused-ring (bicyclic) bond motifs is 1. The molecule has 1 fully saturated rings. The number of piperidine rings is 1. The number of hydrogen-bond donors (Lipinski definition) is 1. The molecule has 1 saturated heterocycles. The van der Waals surface area contributed by atoms with Gasteiger partial charge in [-0.15, -0.1) is 0 Å². The van der Waals surface area contributed by atoms with E-state index < -0.39 is 5.82 Å². The number of halogens is 1. The van der Waals surface area contributed by atoms with E-state index in [1.807, 2.05) is 36.2 Å². The summed E-state index contributed by atoms with van der Waals surface area (Å²) in [5.74, 6) is 0.864. The maximum atomic E-state index is 14.5. The number of hydrogen-bond acceptors (Lipinski definition) is 6. The number of aromatic nitrogens is 2. The van der Waals surface area contributed by atoms with Crippen LogP contribution in [0.25, 0.3) is 10.8 Å². The molecule has 0 bridgehead atoms. The van der Waals surface area contributed by atoms with Crippen molar-refractivity contribution in [3.63, 3.8) is 0 Å². The number of ether oxygens (including phenoxy) is 1. The van der Waals surface area contributed by atoms with Crippen LogP contribution in [0.3, 0.4) is 0 Å². The predicted molar refractivity (Wildman–Crippen MR) is 150 cm³/mol. The van der Waals surface area contributed by atoms with Gasteiger partial charge < -0.3 is 19.9 Å². The molecule has 8 heteroatoms. The first-order valence-electron chi connectivity index (χ1n) is 13.1. The number of rotatable bonds is 8.